The Labute approximate surface area is 163 Å². The summed E-state index contributed by atoms with van der Waals surface area (Å²) in [5, 5.41) is 18.8. The Morgan fingerprint density at radius 3 is 2.58 bits per heavy atom. The van der Waals surface area contributed by atoms with Crippen molar-refractivity contribution in [2.45, 2.75) is 6.92 Å². The Bertz CT molecular complexity index is 999. The average Bonchev–Trinajstić information content (AvgIpc) is 2.60. The Balaban J connectivity index is 2.82. The zero-order chi connectivity index (χ0) is 19.3. The minimum atomic E-state index is -0.654. The van der Waals surface area contributed by atoms with Gasteiger partial charge in [0.05, 0.1) is 10.2 Å². The second-order valence-corrected chi connectivity index (χ2v) is 6.20. The van der Waals surface area contributed by atoms with Crippen molar-refractivity contribution in [2.24, 2.45) is 0 Å². The summed E-state index contributed by atoms with van der Waals surface area (Å²) < 4.78 is 12.0. The van der Waals surface area contributed by atoms with Crippen molar-refractivity contribution in [2.75, 3.05) is 18.9 Å². The predicted molar refractivity (Wildman–Crippen MR) is 106 cm³/mol. The molecule has 0 unspecified atom stereocenters. The number of nitriles is 2. The molecule has 132 valence electrons. The van der Waals surface area contributed by atoms with E-state index < -0.39 is 5.56 Å². The summed E-state index contributed by atoms with van der Waals surface area (Å²) in [5.41, 5.74) is 5.59. The quantitative estimate of drug-likeness (QED) is 0.503. The fourth-order valence-corrected chi connectivity index (χ4v) is 3.15. The highest BCUT2D eigenvalue weighted by Gasteiger charge is 2.21. The maximum absolute atomic E-state index is 12.1. The Morgan fingerprint density at radius 1 is 1.31 bits per heavy atom. The molecule has 0 amide bonds. The summed E-state index contributed by atoms with van der Waals surface area (Å²) in [5.74, 6) is 0.861. The maximum atomic E-state index is 12.1. The number of aromatic amines is 1. The van der Waals surface area contributed by atoms with Crippen LogP contribution in [-0.2, 0) is 0 Å². The molecule has 0 spiro atoms. The summed E-state index contributed by atoms with van der Waals surface area (Å²) in [6.07, 6.45) is 1.61. The number of hydrogen-bond donors (Lipinski definition) is 2. The van der Waals surface area contributed by atoms with Gasteiger partial charge in [-0.2, -0.15) is 10.5 Å². The maximum Gasteiger partial charge on any atom is 0.268 e. The van der Waals surface area contributed by atoms with Crippen molar-refractivity contribution in [3.8, 4) is 34.8 Å². The molecule has 0 aliphatic heterocycles. The highest BCUT2D eigenvalue weighted by atomic mass is 127. The number of halogens is 1. The fraction of sp³-hybridized carbons (Fsp3) is 0.167. The number of H-pyrrole nitrogens is 1. The molecule has 0 saturated heterocycles. The lowest BCUT2D eigenvalue weighted by Gasteiger charge is -2.16. The van der Waals surface area contributed by atoms with Crippen LogP contribution in [0.4, 0.5) is 5.82 Å². The van der Waals surface area contributed by atoms with Crippen molar-refractivity contribution >= 4 is 28.4 Å². The molecule has 0 aliphatic carbocycles. The molecular weight excluding hydrogens is 447 g/mol. The number of nitrogens with zero attached hydrogens (tertiary/aromatic N) is 2. The lowest BCUT2D eigenvalue weighted by molar-refractivity contribution is 0.295. The van der Waals surface area contributed by atoms with E-state index in [-0.39, 0.29) is 22.5 Å². The highest BCUT2D eigenvalue weighted by molar-refractivity contribution is 14.1. The van der Waals surface area contributed by atoms with Gasteiger partial charge in [0.1, 0.15) is 35.7 Å². The van der Waals surface area contributed by atoms with E-state index in [0.29, 0.717) is 33.8 Å². The summed E-state index contributed by atoms with van der Waals surface area (Å²) in [7, 11) is 0. The van der Waals surface area contributed by atoms with Gasteiger partial charge in [-0.15, -0.1) is 0 Å². The van der Waals surface area contributed by atoms with Crippen LogP contribution in [0.5, 0.6) is 11.5 Å². The van der Waals surface area contributed by atoms with E-state index in [1.165, 1.54) is 0 Å². The van der Waals surface area contributed by atoms with Crippen LogP contribution in [0.25, 0.3) is 11.1 Å². The molecule has 0 fully saturated rings. The smallest absolute Gasteiger partial charge is 0.268 e. The first kappa shape index (κ1) is 19.3. The number of anilines is 1. The van der Waals surface area contributed by atoms with Crippen molar-refractivity contribution < 1.29 is 9.47 Å². The first-order chi connectivity index (χ1) is 12.5. The third-order valence-electron chi connectivity index (χ3n) is 3.41. The van der Waals surface area contributed by atoms with Gasteiger partial charge in [-0.05, 0) is 47.2 Å². The third kappa shape index (κ3) is 3.65. The number of hydrogen-bond acceptors (Lipinski definition) is 6. The summed E-state index contributed by atoms with van der Waals surface area (Å²) in [4.78, 5) is 14.4. The van der Waals surface area contributed by atoms with E-state index in [0.717, 1.165) is 0 Å². The number of nitrogens with one attached hydrogen (secondary N) is 1. The SMILES string of the molecule is C=CCOc1c(I)cc(-c2c(C#N)c(N)[nH]c(=O)c2C#N)cc1OCC. The van der Waals surface area contributed by atoms with Gasteiger partial charge in [-0.3, -0.25) is 4.79 Å². The number of benzene rings is 1. The van der Waals surface area contributed by atoms with Crippen LogP contribution in [0.15, 0.2) is 29.6 Å². The zero-order valence-electron chi connectivity index (χ0n) is 13.9. The number of pyridine rings is 1. The summed E-state index contributed by atoms with van der Waals surface area (Å²) in [6, 6.07) is 7.13. The predicted octanol–water partition coefficient (Wildman–Crippen LogP) is 2.94. The molecule has 3 N–H and O–H groups in total. The first-order valence-corrected chi connectivity index (χ1v) is 8.62. The molecule has 0 aliphatic rings. The van der Waals surface area contributed by atoms with E-state index in [2.05, 4.69) is 34.2 Å². The second kappa shape index (κ2) is 8.41. The van der Waals surface area contributed by atoms with Gasteiger partial charge in [0, 0.05) is 5.56 Å². The number of nitrogens with two attached hydrogens (primary N) is 1. The highest BCUT2D eigenvalue weighted by Crippen LogP contribution is 2.39. The number of ether oxygens (including phenoxy) is 2. The largest absolute Gasteiger partial charge is 0.490 e. The van der Waals surface area contributed by atoms with Crippen LogP contribution in [0.2, 0.25) is 0 Å². The minimum absolute atomic E-state index is 0.0270. The Morgan fingerprint density at radius 2 is 2.00 bits per heavy atom. The molecular formula is C18H15IN4O3. The molecule has 0 bridgehead atoms. The van der Waals surface area contributed by atoms with Gasteiger partial charge in [-0.1, -0.05) is 12.7 Å². The van der Waals surface area contributed by atoms with Crippen LogP contribution >= 0.6 is 22.6 Å². The zero-order valence-corrected chi connectivity index (χ0v) is 16.1. The fourth-order valence-electron chi connectivity index (χ4n) is 2.39. The molecule has 1 aromatic heterocycles. The lowest BCUT2D eigenvalue weighted by atomic mass is 9.96. The molecule has 1 aromatic carbocycles. The molecule has 7 nitrogen and oxygen atoms in total. The molecule has 26 heavy (non-hydrogen) atoms. The first-order valence-electron chi connectivity index (χ1n) is 7.54. The average molecular weight is 462 g/mol. The summed E-state index contributed by atoms with van der Waals surface area (Å²) >= 11 is 2.06. The normalized spacial score (nSPS) is 9.85. The molecule has 8 heteroatoms. The van der Waals surface area contributed by atoms with E-state index in [1.54, 1.807) is 18.2 Å². The van der Waals surface area contributed by atoms with E-state index in [4.69, 9.17) is 15.2 Å². The van der Waals surface area contributed by atoms with Gasteiger partial charge in [0.2, 0.25) is 0 Å². The molecule has 0 saturated carbocycles. The Hall–Kier alpha value is -2.98. The van der Waals surface area contributed by atoms with Crippen LogP contribution in [-0.4, -0.2) is 18.2 Å². The standard InChI is InChI=1S/C18H15IN4O3/c1-3-5-26-16-13(19)6-10(7-14(16)25-4-2)15-11(8-20)17(22)23-18(24)12(15)9-21/h3,6-7H,1,4-5H2,2H3,(H3,22,23,24). The molecule has 0 atom stereocenters. The van der Waals surface area contributed by atoms with Gasteiger partial charge in [-0.25, -0.2) is 0 Å². The van der Waals surface area contributed by atoms with E-state index in [9.17, 15) is 15.3 Å². The third-order valence-corrected chi connectivity index (χ3v) is 4.21. The minimum Gasteiger partial charge on any atom is -0.490 e. The lowest BCUT2D eigenvalue weighted by Crippen LogP contribution is -2.16. The van der Waals surface area contributed by atoms with Crippen molar-refractivity contribution in [1.82, 2.24) is 4.98 Å². The molecule has 2 rings (SSSR count). The molecule has 0 radical (unpaired) electrons. The summed E-state index contributed by atoms with van der Waals surface area (Å²) in [6.45, 7) is 6.12. The van der Waals surface area contributed by atoms with Crippen LogP contribution < -0.4 is 20.8 Å². The van der Waals surface area contributed by atoms with Crippen molar-refractivity contribution in [3.05, 3.63) is 49.8 Å². The van der Waals surface area contributed by atoms with Gasteiger partial charge >= 0.3 is 0 Å². The second-order valence-electron chi connectivity index (χ2n) is 5.03. The number of aromatic nitrogens is 1. The van der Waals surface area contributed by atoms with Crippen molar-refractivity contribution in [1.29, 1.82) is 10.5 Å². The Kier molecular flexibility index (Phi) is 6.26. The van der Waals surface area contributed by atoms with E-state index >= 15 is 0 Å². The molecule has 1 heterocycles. The van der Waals surface area contributed by atoms with Gasteiger partial charge in [0.15, 0.2) is 11.5 Å². The van der Waals surface area contributed by atoms with Gasteiger partial charge < -0.3 is 20.2 Å². The van der Waals surface area contributed by atoms with E-state index in [1.807, 2.05) is 19.1 Å². The topological polar surface area (TPSA) is 125 Å². The van der Waals surface area contributed by atoms with Gasteiger partial charge in [0.25, 0.3) is 5.56 Å². The number of nitrogen functional groups attached to an aromatic ring is 1. The van der Waals surface area contributed by atoms with Crippen LogP contribution in [0, 0.1) is 26.2 Å². The number of rotatable bonds is 6. The van der Waals surface area contributed by atoms with Crippen molar-refractivity contribution in [3.63, 3.8) is 0 Å². The van der Waals surface area contributed by atoms with Crippen LogP contribution in [0.3, 0.4) is 0 Å². The molecule has 2 aromatic rings. The monoisotopic (exact) mass is 462 g/mol. The van der Waals surface area contributed by atoms with Crippen LogP contribution in [0.1, 0.15) is 18.1 Å².